The maximum absolute atomic E-state index is 11.2. The third-order valence-corrected chi connectivity index (χ3v) is 3.88. The van der Waals surface area contributed by atoms with Gasteiger partial charge in [-0.05, 0) is 25.5 Å². The maximum atomic E-state index is 11.2. The van der Waals surface area contributed by atoms with Gasteiger partial charge in [-0.3, -0.25) is 9.69 Å². The van der Waals surface area contributed by atoms with Gasteiger partial charge in [-0.25, -0.2) is 4.98 Å². The van der Waals surface area contributed by atoms with E-state index in [1.165, 1.54) is 0 Å². The van der Waals surface area contributed by atoms with Crippen LogP contribution < -0.4 is 10.2 Å². The monoisotopic (exact) mass is 292 g/mol. The zero-order valence-electron chi connectivity index (χ0n) is 12.7. The summed E-state index contributed by atoms with van der Waals surface area (Å²) in [6, 6.07) is 3.59. The molecule has 0 bridgehead atoms. The van der Waals surface area contributed by atoms with Crippen LogP contribution in [0.1, 0.15) is 20.3 Å². The molecule has 0 radical (unpaired) electrons. The Bertz CT molecular complexity index is 472. The summed E-state index contributed by atoms with van der Waals surface area (Å²) in [5.74, 6) is 0.236. The second-order valence-electron chi connectivity index (χ2n) is 5.19. The van der Waals surface area contributed by atoms with Crippen molar-refractivity contribution in [2.75, 3.05) is 42.9 Å². The summed E-state index contributed by atoms with van der Waals surface area (Å²) in [4.78, 5) is 20.0. The molecule has 1 aromatic rings. The molecule has 116 valence electrons. The second kappa shape index (κ2) is 7.26. The SMILES string of the molecule is CCNc1cccnc1N1CCN(C(CC)C(=O)O)CC1. The molecule has 0 amide bonds. The van der Waals surface area contributed by atoms with Gasteiger partial charge in [0.05, 0.1) is 5.69 Å². The molecule has 2 rings (SSSR count). The fourth-order valence-corrected chi connectivity index (χ4v) is 2.81. The highest BCUT2D eigenvalue weighted by Gasteiger charge is 2.28. The van der Waals surface area contributed by atoms with Crippen molar-refractivity contribution in [1.82, 2.24) is 9.88 Å². The number of rotatable bonds is 6. The van der Waals surface area contributed by atoms with Gasteiger partial charge in [-0.15, -0.1) is 0 Å². The normalized spacial score (nSPS) is 17.5. The van der Waals surface area contributed by atoms with Gasteiger partial charge in [0.2, 0.25) is 0 Å². The van der Waals surface area contributed by atoms with Crippen LogP contribution in [0.25, 0.3) is 0 Å². The van der Waals surface area contributed by atoms with Crippen molar-refractivity contribution in [2.24, 2.45) is 0 Å². The second-order valence-corrected chi connectivity index (χ2v) is 5.19. The van der Waals surface area contributed by atoms with E-state index in [9.17, 15) is 9.90 Å². The van der Waals surface area contributed by atoms with Gasteiger partial charge in [0.25, 0.3) is 0 Å². The summed E-state index contributed by atoms with van der Waals surface area (Å²) in [7, 11) is 0. The van der Waals surface area contributed by atoms with Gasteiger partial charge in [0, 0.05) is 38.9 Å². The van der Waals surface area contributed by atoms with Gasteiger partial charge in [-0.2, -0.15) is 0 Å². The Morgan fingerprint density at radius 2 is 2.10 bits per heavy atom. The summed E-state index contributed by atoms with van der Waals surface area (Å²) >= 11 is 0. The summed E-state index contributed by atoms with van der Waals surface area (Å²) < 4.78 is 0. The number of carboxylic acids is 1. The van der Waals surface area contributed by atoms with Gasteiger partial charge in [-0.1, -0.05) is 6.92 Å². The molecular weight excluding hydrogens is 268 g/mol. The van der Waals surface area contributed by atoms with Crippen LogP contribution in [-0.2, 0) is 4.79 Å². The molecule has 1 aliphatic rings. The lowest BCUT2D eigenvalue weighted by molar-refractivity contribution is -0.143. The minimum absolute atomic E-state index is 0.371. The van der Waals surface area contributed by atoms with Crippen molar-refractivity contribution in [1.29, 1.82) is 0 Å². The summed E-state index contributed by atoms with van der Waals surface area (Å²) in [6.07, 6.45) is 2.44. The van der Waals surface area contributed by atoms with Gasteiger partial charge in [0.1, 0.15) is 6.04 Å². The number of pyridine rings is 1. The number of aromatic nitrogens is 1. The molecule has 21 heavy (non-hydrogen) atoms. The van der Waals surface area contributed by atoms with E-state index in [2.05, 4.69) is 27.0 Å². The van der Waals surface area contributed by atoms with Crippen LogP contribution in [0.5, 0.6) is 0 Å². The summed E-state index contributed by atoms with van der Waals surface area (Å²) in [6.45, 7) is 7.97. The van der Waals surface area contributed by atoms with E-state index in [1.54, 1.807) is 6.20 Å². The van der Waals surface area contributed by atoms with Crippen molar-refractivity contribution >= 4 is 17.5 Å². The van der Waals surface area contributed by atoms with E-state index in [1.807, 2.05) is 19.1 Å². The molecule has 1 atom stereocenters. The van der Waals surface area contributed by atoms with Crippen molar-refractivity contribution in [2.45, 2.75) is 26.3 Å². The van der Waals surface area contributed by atoms with E-state index < -0.39 is 5.97 Å². The fraction of sp³-hybridized carbons (Fsp3) is 0.600. The summed E-state index contributed by atoms with van der Waals surface area (Å²) in [5, 5.41) is 12.6. The van der Waals surface area contributed by atoms with Crippen LogP contribution in [0.15, 0.2) is 18.3 Å². The lowest BCUT2D eigenvalue weighted by Gasteiger charge is -2.38. The molecule has 0 spiro atoms. The van der Waals surface area contributed by atoms with Crippen LogP contribution in [0, 0.1) is 0 Å². The molecule has 2 N–H and O–H groups in total. The van der Waals surface area contributed by atoms with Crippen LogP contribution in [-0.4, -0.2) is 59.7 Å². The molecule has 0 aliphatic carbocycles. The quantitative estimate of drug-likeness (QED) is 0.828. The Labute approximate surface area is 125 Å². The standard InChI is InChI=1S/C15H24N4O2/c1-3-13(15(20)21)18-8-10-19(11-9-18)14-12(16-4-2)6-5-7-17-14/h5-7,13,16H,3-4,8-11H2,1-2H3,(H,20,21). The molecule has 1 fully saturated rings. The van der Waals surface area contributed by atoms with Crippen LogP contribution >= 0.6 is 0 Å². The first-order valence-corrected chi connectivity index (χ1v) is 7.58. The lowest BCUT2D eigenvalue weighted by atomic mass is 10.1. The number of hydrogen-bond acceptors (Lipinski definition) is 5. The van der Waals surface area contributed by atoms with Crippen LogP contribution in [0.2, 0.25) is 0 Å². The molecule has 1 saturated heterocycles. The number of aliphatic carboxylic acids is 1. The predicted molar refractivity (Wildman–Crippen MR) is 83.9 cm³/mol. The number of carboxylic acid groups (broad SMARTS) is 1. The van der Waals surface area contributed by atoms with Gasteiger partial charge < -0.3 is 15.3 Å². The number of carbonyl (C=O) groups is 1. The first kappa shape index (κ1) is 15.6. The van der Waals surface area contributed by atoms with Crippen molar-refractivity contribution < 1.29 is 9.90 Å². The third-order valence-electron chi connectivity index (χ3n) is 3.88. The Balaban J connectivity index is 2.02. The molecule has 6 heteroatoms. The van der Waals surface area contributed by atoms with E-state index >= 15 is 0 Å². The zero-order valence-corrected chi connectivity index (χ0v) is 12.7. The molecule has 2 heterocycles. The molecule has 6 nitrogen and oxygen atoms in total. The molecule has 1 aromatic heterocycles. The molecule has 0 aromatic carbocycles. The van der Waals surface area contributed by atoms with E-state index in [0.29, 0.717) is 6.42 Å². The molecule has 0 saturated carbocycles. The summed E-state index contributed by atoms with van der Waals surface area (Å²) in [5.41, 5.74) is 1.04. The van der Waals surface area contributed by atoms with Crippen LogP contribution in [0.4, 0.5) is 11.5 Å². The fourth-order valence-electron chi connectivity index (χ4n) is 2.81. The number of anilines is 2. The maximum Gasteiger partial charge on any atom is 0.320 e. The van der Waals surface area contributed by atoms with Crippen molar-refractivity contribution in [3.8, 4) is 0 Å². The highest BCUT2D eigenvalue weighted by molar-refractivity contribution is 5.73. The minimum Gasteiger partial charge on any atom is -0.480 e. The number of nitrogens with zero attached hydrogens (tertiary/aromatic N) is 3. The lowest BCUT2D eigenvalue weighted by Crippen LogP contribution is -2.52. The Hall–Kier alpha value is -1.82. The predicted octanol–water partition coefficient (Wildman–Crippen LogP) is 1.50. The number of piperazine rings is 1. The van der Waals surface area contributed by atoms with Crippen molar-refractivity contribution in [3.05, 3.63) is 18.3 Å². The number of nitrogens with one attached hydrogen (secondary N) is 1. The number of hydrogen-bond donors (Lipinski definition) is 2. The highest BCUT2D eigenvalue weighted by Crippen LogP contribution is 2.24. The zero-order chi connectivity index (χ0) is 15.2. The first-order chi connectivity index (χ1) is 10.2. The highest BCUT2D eigenvalue weighted by atomic mass is 16.4. The van der Waals surface area contributed by atoms with E-state index in [0.717, 1.165) is 44.2 Å². The van der Waals surface area contributed by atoms with E-state index in [-0.39, 0.29) is 6.04 Å². The van der Waals surface area contributed by atoms with Crippen molar-refractivity contribution in [3.63, 3.8) is 0 Å². The Morgan fingerprint density at radius 1 is 1.38 bits per heavy atom. The smallest absolute Gasteiger partial charge is 0.320 e. The molecular formula is C15H24N4O2. The van der Waals surface area contributed by atoms with E-state index in [4.69, 9.17) is 0 Å². The van der Waals surface area contributed by atoms with Gasteiger partial charge >= 0.3 is 5.97 Å². The molecule has 1 unspecified atom stereocenters. The third kappa shape index (κ3) is 3.64. The average molecular weight is 292 g/mol. The Kier molecular flexibility index (Phi) is 5.38. The first-order valence-electron chi connectivity index (χ1n) is 7.58. The average Bonchev–Trinajstić information content (AvgIpc) is 2.49. The largest absolute Gasteiger partial charge is 0.480 e. The van der Waals surface area contributed by atoms with Crippen LogP contribution in [0.3, 0.4) is 0 Å². The molecule has 1 aliphatic heterocycles. The minimum atomic E-state index is -0.725. The van der Waals surface area contributed by atoms with Gasteiger partial charge in [0.15, 0.2) is 5.82 Å². The topological polar surface area (TPSA) is 68.7 Å². The Morgan fingerprint density at radius 3 is 2.67 bits per heavy atom.